The Hall–Kier alpha value is -3.94. The largest absolute Gasteiger partial charge is 0.480 e. The number of rotatable bonds is 5. The van der Waals surface area contributed by atoms with Gasteiger partial charge in [-0.2, -0.15) is 0 Å². The van der Waals surface area contributed by atoms with Crippen LogP contribution >= 0.6 is 0 Å². The van der Waals surface area contributed by atoms with Crippen LogP contribution in [0, 0.1) is 12.7 Å². The molecule has 0 saturated heterocycles. The highest BCUT2D eigenvalue weighted by atomic mass is 19.1. The number of halogens is 1. The minimum atomic E-state index is -1.17. The van der Waals surface area contributed by atoms with Gasteiger partial charge in [0.25, 0.3) is 0 Å². The summed E-state index contributed by atoms with van der Waals surface area (Å²) in [5.74, 6) is -2.12. The quantitative estimate of drug-likeness (QED) is 0.473. The van der Waals surface area contributed by atoms with Crippen molar-refractivity contribution in [2.75, 3.05) is 0 Å². The van der Waals surface area contributed by atoms with Crippen molar-refractivity contribution < 1.29 is 27.9 Å². The van der Waals surface area contributed by atoms with Gasteiger partial charge in [0.15, 0.2) is 0 Å². The third-order valence-corrected chi connectivity index (χ3v) is 5.22. The summed E-state index contributed by atoms with van der Waals surface area (Å²) >= 11 is 0. The lowest BCUT2D eigenvalue weighted by Crippen LogP contribution is -2.39. The standard InChI is InChI=1S/C23H18FNO6/c1-11-15-7-17-18(13-3-5-14(24)6-4-13)10-30-19(17)9-20(15)31-23(29)16(11)8-21(26)25-12(2)22(27)28/h3-7,9-10,12H,8H2,1-2H3,(H,25,26)(H,27,28). The zero-order valence-corrected chi connectivity index (χ0v) is 16.7. The number of carboxylic acids is 1. The Kier molecular flexibility index (Phi) is 5.06. The van der Waals surface area contributed by atoms with Gasteiger partial charge >= 0.3 is 11.6 Å². The van der Waals surface area contributed by atoms with Gasteiger partial charge in [-0.25, -0.2) is 9.18 Å². The summed E-state index contributed by atoms with van der Waals surface area (Å²) in [6.07, 6.45) is 1.24. The average molecular weight is 423 g/mol. The van der Waals surface area contributed by atoms with Crippen LogP contribution in [0.15, 0.2) is 56.3 Å². The summed E-state index contributed by atoms with van der Waals surface area (Å²) in [6.45, 7) is 3.04. The Morgan fingerprint density at radius 1 is 1.13 bits per heavy atom. The van der Waals surface area contributed by atoms with Crippen LogP contribution in [0.25, 0.3) is 33.1 Å². The molecule has 1 amide bonds. The maximum atomic E-state index is 13.3. The summed E-state index contributed by atoms with van der Waals surface area (Å²) in [7, 11) is 0. The lowest BCUT2D eigenvalue weighted by molar-refractivity contribution is -0.141. The van der Waals surface area contributed by atoms with Crippen molar-refractivity contribution in [3.63, 3.8) is 0 Å². The number of benzene rings is 2. The summed E-state index contributed by atoms with van der Waals surface area (Å²) in [4.78, 5) is 35.6. The second-order valence-corrected chi connectivity index (χ2v) is 7.30. The monoisotopic (exact) mass is 423 g/mol. The summed E-state index contributed by atoms with van der Waals surface area (Å²) in [6, 6.07) is 8.31. The van der Waals surface area contributed by atoms with E-state index in [1.54, 1.807) is 37.5 Å². The number of aliphatic carboxylic acids is 1. The number of fused-ring (bicyclic) bond motifs is 2. The maximum Gasteiger partial charge on any atom is 0.340 e. The van der Waals surface area contributed by atoms with Crippen molar-refractivity contribution in [3.8, 4) is 11.1 Å². The molecule has 8 heteroatoms. The number of furan rings is 1. The van der Waals surface area contributed by atoms with Gasteiger partial charge in [-0.05, 0) is 43.2 Å². The zero-order chi connectivity index (χ0) is 22.3. The van der Waals surface area contributed by atoms with Gasteiger partial charge < -0.3 is 19.3 Å². The fourth-order valence-corrected chi connectivity index (χ4v) is 3.48. The molecule has 4 rings (SSSR count). The van der Waals surface area contributed by atoms with Crippen molar-refractivity contribution >= 4 is 33.8 Å². The molecular weight excluding hydrogens is 405 g/mol. The molecule has 4 aromatic rings. The van der Waals surface area contributed by atoms with E-state index >= 15 is 0 Å². The Bertz CT molecular complexity index is 1380. The fourth-order valence-electron chi connectivity index (χ4n) is 3.48. The summed E-state index contributed by atoms with van der Waals surface area (Å²) in [5, 5.41) is 12.6. The predicted octanol–water partition coefficient (Wildman–Crippen LogP) is 3.79. The molecule has 31 heavy (non-hydrogen) atoms. The SMILES string of the molecule is Cc1c(CC(=O)NC(C)C(=O)O)c(=O)oc2cc3occ(-c4ccc(F)cc4)c3cc12. The number of hydrogen-bond donors (Lipinski definition) is 2. The molecule has 2 heterocycles. The lowest BCUT2D eigenvalue weighted by atomic mass is 9.99. The molecule has 2 aromatic heterocycles. The van der Waals surface area contributed by atoms with E-state index in [1.807, 2.05) is 0 Å². The highest BCUT2D eigenvalue weighted by molar-refractivity contribution is 6.02. The van der Waals surface area contributed by atoms with Crippen LogP contribution in [0.1, 0.15) is 18.1 Å². The first-order valence-corrected chi connectivity index (χ1v) is 9.50. The number of amides is 1. The van der Waals surface area contributed by atoms with E-state index in [0.717, 1.165) is 16.5 Å². The van der Waals surface area contributed by atoms with Crippen LogP contribution in [0.2, 0.25) is 0 Å². The van der Waals surface area contributed by atoms with E-state index in [0.29, 0.717) is 22.1 Å². The van der Waals surface area contributed by atoms with Gasteiger partial charge in [-0.15, -0.1) is 0 Å². The van der Waals surface area contributed by atoms with E-state index in [1.165, 1.54) is 19.1 Å². The average Bonchev–Trinajstić information content (AvgIpc) is 3.13. The molecule has 0 saturated carbocycles. The van der Waals surface area contributed by atoms with Crippen LogP contribution in [-0.4, -0.2) is 23.0 Å². The molecule has 0 aliphatic carbocycles. The predicted molar refractivity (Wildman–Crippen MR) is 111 cm³/mol. The molecule has 0 aliphatic rings. The zero-order valence-electron chi connectivity index (χ0n) is 16.7. The number of carboxylic acid groups (broad SMARTS) is 1. The van der Waals surface area contributed by atoms with E-state index in [4.69, 9.17) is 13.9 Å². The van der Waals surface area contributed by atoms with Gasteiger partial charge in [0.2, 0.25) is 5.91 Å². The van der Waals surface area contributed by atoms with E-state index in [-0.39, 0.29) is 17.8 Å². The number of carbonyl (C=O) groups is 2. The maximum absolute atomic E-state index is 13.3. The Morgan fingerprint density at radius 3 is 2.52 bits per heavy atom. The molecule has 1 atom stereocenters. The molecule has 0 radical (unpaired) electrons. The van der Waals surface area contributed by atoms with Crippen molar-refractivity contribution in [1.29, 1.82) is 0 Å². The molecule has 0 spiro atoms. The van der Waals surface area contributed by atoms with E-state index < -0.39 is 23.5 Å². The van der Waals surface area contributed by atoms with Gasteiger partial charge in [-0.3, -0.25) is 9.59 Å². The molecule has 0 aliphatic heterocycles. The molecule has 2 aromatic carbocycles. The fraction of sp³-hybridized carbons (Fsp3) is 0.174. The second kappa shape index (κ2) is 7.71. The molecular formula is C23H18FNO6. The first kappa shape index (κ1) is 20.3. The van der Waals surface area contributed by atoms with Crippen LogP contribution in [0.4, 0.5) is 4.39 Å². The van der Waals surface area contributed by atoms with Gasteiger partial charge in [0, 0.05) is 22.4 Å². The first-order valence-electron chi connectivity index (χ1n) is 9.50. The third kappa shape index (κ3) is 3.79. The lowest BCUT2D eigenvalue weighted by Gasteiger charge is -2.11. The van der Waals surface area contributed by atoms with Crippen LogP contribution in [0.3, 0.4) is 0 Å². The third-order valence-electron chi connectivity index (χ3n) is 5.22. The van der Waals surface area contributed by atoms with Crippen molar-refractivity contribution in [1.82, 2.24) is 5.32 Å². The minimum Gasteiger partial charge on any atom is -0.480 e. The van der Waals surface area contributed by atoms with Gasteiger partial charge in [-0.1, -0.05) is 12.1 Å². The first-order chi connectivity index (χ1) is 14.7. The van der Waals surface area contributed by atoms with Crippen LogP contribution in [-0.2, 0) is 16.0 Å². The number of nitrogens with one attached hydrogen (secondary N) is 1. The Morgan fingerprint density at radius 2 is 1.84 bits per heavy atom. The molecule has 158 valence electrons. The minimum absolute atomic E-state index is 0.147. The topological polar surface area (TPSA) is 110 Å². The molecule has 7 nitrogen and oxygen atoms in total. The summed E-state index contributed by atoms with van der Waals surface area (Å²) < 4.78 is 24.3. The Labute approximate surface area is 175 Å². The molecule has 0 fully saturated rings. The molecule has 0 bridgehead atoms. The number of aryl methyl sites for hydroxylation is 1. The van der Waals surface area contributed by atoms with Gasteiger partial charge in [0.05, 0.1) is 18.2 Å². The van der Waals surface area contributed by atoms with Crippen molar-refractivity contribution in [2.24, 2.45) is 0 Å². The van der Waals surface area contributed by atoms with E-state index in [2.05, 4.69) is 5.32 Å². The summed E-state index contributed by atoms with van der Waals surface area (Å²) in [5.41, 5.74) is 2.33. The smallest absolute Gasteiger partial charge is 0.340 e. The molecule has 2 N–H and O–H groups in total. The highest BCUT2D eigenvalue weighted by Gasteiger charge is 2.20. The highest BCUT2D eigenvalue weighted by Crippen LogP contribution is 2.34. The number of hydrogen-bond acceptors (Lipinski definition) is 5. The van der Waals surface area contributed by atoms with Gasteiger partial charge in [0.1, 0.15) is 23.0 Å². The van der Waals surface area contributed by atoms with Crippen LogP contribution in [0.5, 0.6) is 0 Å². The normalized spacial score (nSPS) is 12.2. The van der Waals surface area contributed by atoms with Crippen molar-refractivity contribution in [2.45, 2.75) is 26.3 Å². The van der Waals surface area contributed by atoms with E-state index in [9.17, 15) is 18.8 Å². The second-order valence-electron chi connectivity index (χ2n) is 7.30. The van der Waals surface area contributed by atoms with Crippen molar-refractivity contribution in [3.05, 3.63) is 70.0 Å². The van der Waals surface area contributed by atoms with Crippen LogP contribution < -0.4 is 10.9 Å². The molecule has 1 unspecified atom stereocenters. The Balaban J connectivity index is 1.79. The number of carbonyl (C=O) groups excluding carboxylic acids is 1.